The molecule has 2 rings (SSSR count). The SMILES string of the molecule is COC(=O)Cc1cc(=O)[nH]c([NH+]=C(N)Nc2ccccc2)n1. The fourth-order valence-electron chi connectivity index (χ4n) is 1.71. The molecule has 0 unspecified atom stereocenters. The molecule has 0 bridgehead atoms. The minimum absolute atomic E-state index is 0.0961. The quantitative estimate of drug-likeness (QED) is 0.314. The maximum Gasteiger partial charge on any atom is 0.325 e. The van der Waals surface area contributed by atoms with Crippen LogP contribution in [0.15, 0.2) is 41.2 Å². The number of nitrogens with zero attached hydrogens (tertiary/aromatic N) is 1. The summed E-state index contributed by atoms with van der Waals surface area (Å²) in [5.74, 6) is -0.166. The second-order valence-corrected chi connectivity index (χ2v) is 4.37. The average Bonchev–Trinajstić information content (AvgIpc) is 2.47. The van der Waals surface area contributed by atoms with Gasteiger partial charge >= 0.3 is 11.9 Å². The van der Waals surface area contributed by atoms with Crippen LogP contribution in [-0.2, 0) is 16.0 Å². The summed E-state index contributed by atoms with van der Waals surface area (Å²) in [5, 5.41) is 2.91. The van der Waals surface area contributed by atoms with E-state index in [2.05, 4.69) is 25.0 Å². The van der Waals surface area contributed by atoms with Crippen molar-refractivity contribution in [2.45, 2.75) is 6.42 Å². The maximum atomic E-state index is 11.6. The van der Waals surface area contributed by atoms with Crippen molar-refractivity contribution in [3.63, 3.8) is 0 Å². The summed E-state index contributed by atoms with van der Waals surface area (Å²) in [5.41, 5.74) is 6.47. The molecule has 0 fully saturated rings. The standard InChI is InChI=1S/C14H15N5O3/c1-22-12(21)8-10-7-11(20)18-14(17-10)19-13(15)16-9-5-3-2-4-6-9/h2-7H,8H2,1H3,(H4,15,16,17,18,19,20)/p+1. The van der Waals surface area contributed by atoms with E-state index < -0.39 is 11.5 Å². The van der Waals surface area contributed by atoms with E-state index in [0.717, 1.165) is 5.69 Å². The van der Waals surface area contributed by atoms with E-state index in [0.29, 0.717) is 0 Å². The molecule has 8 nitrogen and oxygen atoms in total. The molecule has 0 aliphatic heterocycles. The molecule has 0 saturated carbocycles. The number of aromatic nitrogens is 2. The highest BCUT2D eigenvalue weighted by Gasteiger charge is 2.10. The van der Waals surface area contributed by atoms with Crippen LogP contribution in [0.4, 0.5) is 11.6 Å². The van der Waals surface area contributed by atoms with Crippen molar-refractivity contribution in [2.24, 2.45) is 5.73 Å². The number of para-hydroxylation sites is 1. The molecule has 0 amide bonds. The predicted molar refractivity (Wildman–Crippen MR) is 80.5 cm³/mol. The van der Waals surface area contributed by atoms with Gasteiger partial charge in [-0.15, -0.1) is 4.98 Å². The molecule has 0 spiro atoms. The number of rotatable bonds is 4. The number of guanidine groups is 1. The highest BCUT2D eigenvalue weighted by molar-refractivity contribution is 5.88. The normalized spacial score (nSPS) is 11.0. The summed E-state index contributed by atoms with van der Waals surface area (Å²) in [6.45, 7) is 0. The maximum absolute atomic E-state index is 11.6. The van der Waals surface area contributed by atoms with Crippen LogP contribution in [0.25, 0.3) is 0 Å². The van der Waals surface area contributed by atoms with Crippen molar-refractivity contribution < 1.29 is 14.5 Å². The Morgan fingerprint density at radius 2 is 2.14 bits per heavy atom. The van der Waals surface area contributed by atoms with E-state index in [4.69, 9.17) is 5.73 Å². The van der Waals surface area contributed by atoms with Crippen molar-refractivity contribution in [1.29, 1.82) is 0 Å². The molecule has 1 aromatic heterocycles. The molecule has 0 saturated heterocycles. The van der Waals surface area contributed by atoms with Gasteiger partial charge in [0.2, 0.25) is 0 Å². The number of nitrogens with one attached hydrogen (secondary N) is 3. The summed E-state index contributed by atoms with van der Waals surface area (Å²) >= 11 is 0. The second kappa shape index (κ2) is 7.02. The number of aromatic amines is 1. The number of ether oxygens (including phenoxy) is 1. The Morgan fingerprint density at radius 1 is 1.41 bits per heavy atom. The van der Waals surface area contributed by atoms with Crippen LogP contribution in [0.1, 0.15) is 5.69 Å². The molecule has 1 aromatic carbocycles. The molecule has 22 heavy (non-hydrogen) atoms. The molecule has 5 N–H and O–H groups in total. The number of hydrogen-bond donors (Lipinski definition) is 4. The summed E-state index contributed by atoms with van der Waals surface area (Å²) in [6.07, 6.45) is -0.0961. The van der Waals surface area contributed by atoms with E-state index in [1.165, 1.54) is 13.2 Å². The van der Waals surface area contributed by atoms with E-state index in [9.17, 15) is 9.59 Å². The number of H-pyrrole nitrogens is 1. The van der Waals surface area contributed by atoms with Gasteiger partial charge in [0.05, 0.1) is 19.2 Å². The smallest absolute Gasteiger partial charge is 0.325 e. The molecule has 2 aromatic rings. The van der Waals surface area contributed by atoms with Crippen LogP contribution in [-0.4, -0.2) is 29.0 Å². The van der Waals surface area contributed by atoms with Crippen molar-refractivity contribution in [3.05, 3.63) is 52.4 Å². The third kappa shape index (κ3) is 4.44. The van der Waals surface area contributed by atoms with E-state index in [-0.39, 0.29) is 24.0 Å². The first-order valence-electron chi connectivity index (χ1n) is 6.45. The molecule has 0 aliphatic rings. The lowest BCUT2D eigenvalue weighted by Gasteiger charge is -2.01. The third-order valence-electron chi connectivity index (χ3n) is 2.65. The molecule has 0 atom stereocenters. The van der Waals surface area contributed by atoms with Crippen LogP contribution in [0, 0.1) is 0 Å². The number of hydrogen-bond acceptors (Lipinski definition) is 4. The van der Waals surface area contributed by atoms with Crippen LogP contribution in [0.2, 0.25) is 0 Å². The van der Waals surface area contributed by atoms with Crippen molar-refractivity contribution in [2.75, 3.05) is 12.4 Å². The Morgan fingerprint density at radius 3 is 2.82 bits per heavy atom. The fourth-order valence-corrected chi connectivity index (χ4v) is 1.71. The van der Waals surface area contributed by atoms with Gasteiger partial charge in [0, 0.05) is 6.07 Å². The number of nitrogens with two attached hydrogens (primary N) is 1. The van der Waals surface area contributed by atoms with Crippen molar-refractivity contribution in [3.8, 4) is 0 Å². The number of esters is 1. The van der Waals surface area contributed by atoms with Gasteiger partial charge in [-0.2, -0.15) is 0 Å². The number of methoxy groups -OCH3 is 1. The Hall–Kier alpha value is -3.16. The Kier molecular flexibility index (Phi) is 4.86. The van der Waals surface area contributed by atoms with Crippen molar-refractivity contribution >= 4 is 23.6 Å². The molecule has 8 heteroatoms. The number of benzene rings is 1. The largest absolute Gasteiger partial charge is 0.469 e. The summed E-state index contributed by atoms with van der Waals surface area (Å²) in [4.78, 5) is 32.1. The lowest BCUT2D eigenvalue weighted by molar-refractivity contribution is -0.365. The van der Waals surface area contributed by atoms with Crippen LogP contribution in [0.3, 0.4) is 0 Å². The Bertz CT molecular complexity index is 740. The lowest BCUT2D eigenvalue weighted by Crippen LogP contribution is -2.73. The molecule has 1 heterocycles. The van der Waals surface area contributed by atoms with Crippen LogP contribution in [0.5, 0.6) is 0 Å². The van der Waals surface area contributed by atoms with E-state index in [1.807, 2.05) is 30.3 Å². The first-order chi connectivity index (χ1) is 10.6. The van der Waals surface area contributed by atoms with Gasteiger partial charge in [-0.3, -0.25) is 14.9 Å². The first kappa shape index (κ1) is 15.2. The highest BCUT2D eigenvalue weighted by Crippen LogP contribution is 2.02. The predicted octanol–water partition coefficient (Wildman–Crippen LogP) is -1.38. The van der Waals surface area contributed by atoms with Gasteiger partial charge in [-0.25, -0.2) is 9.98 Å². The number of carbonyl (C=O) groups excluding carboxylic acids is 1. The average molecular weight is 302 g/mol. The third-order valence-corrected chi connectivity index (χ3v) is 2.65. The minimum atomic E-state index is -0.483. The van der Waals surface area contributed by atoms with Gasteiger partial charge in [-0.05, 0) is 12.1 Å². The van der Waals surface area contributed by atoms with Gasteiger partial charge in [0.15, 0.2) is 0 Å². The molecule has 114 valence electrons. The molecule has 0 radical (unpaired) electrons. The lowest BCUT2D eigenvalue weighted by atomic mass is 10.3. The highest BCUT2D eigenvalue weighted by atomic mass is 16.5. The van der Waals surface area contributed by atoms with Gasteiger partial charge in [-0.1, -0.05) is 18.2 Å². The van der Waals surface area contributed by atoms with Gasteiger partial charge in [0.25, 0.3) is 11.5 Å². The zero-order chi connectivity index (χ0) is 15.9. The topological polar surface area (TPSA) is 124 Å². The molecular formula is C14H16N5O3+. The van der Waals surface area contributed by atoms with Crippen LogP contribution >= 0.6 is 0 Å². The Balaban J connectivity index is 2.19. The van der Waals surface area contributed by atoms with E-state index >= 15 is 0 Å². The van der Waals surface area contributed by atoms with Gasteiger partial charge in [0.1, 0.15) is 5.69 Å². The molecule has 0 aliphatic carbocycles. The monoisotopic (exact) mass is 302 g/mol. The first-order valence-corrected chi connectivity index (χ1v) is 6.45. The number of anilines is 1. The Labute approximate surface area is 126 Å². The zero-order valence-corrected chi connectivity index (χ0v) is 11.9. The fraction of sp³-hybridized carbons (Fsp3) is 0.143. The number of carbonyl (C=O) groups is 1. The van der Waals surface area contributed by atoms with Crippen molar-refractivity contribution in [1.82, 2.24) is 9.97 Å². The summed E-state index contributed by atoms with van der Waals surface area (Å²) in [6, 6.07) is 10.5. The van der Waals surface area contributed by atoms with E-state index in [1.54, 1.807) is 0 Å². The zero-order valence-electron chi connectivity index (χ0n) is 11.9. The van der Waals surface area contributed by atoms with Gasteiger partial charge < -0.3 is 10.5 Å². The second-order valence-electron chi connectivity index (χ2n) is 4.37. The summed E-state index contributed by atoms with van der Waals surface area (Å²) in [7, 11) is 1.27. The molecular weight excluding hydrogens is 286 g/mol. The minimum Gasteiger partial charge on any atom is -0.469 e. The van der Waals surface area contributed by atoms with Crippen LogP contribution < -0.4 is 21.6 Å². The summed E-state index contributed by atoms with van der Waals surface area (Å²) < 4.78 is 4.54.